The standard InChI is InChI=1S/C22H28N2O4S/c1-3-28-20-9-7-8-19(16-20)17(2)23-22(25)18-12-14-24(15-13-18)29(26,27)21-10-5-4-6-11-21/h4-11,16-18H,3,12-15H2,1-2H3,(H,23,25). The largest absolute Gasteiger partial charge is 0.494 e. The Labute approximate surface area is 172 Å². The van der Waals surface area contributed by atoms with Crippen molar-refractivity contribution in [2.75, 3.05) is 19.7 Å². The van der Waals surface area contributed by atoms with Gasteiger partial charge in [0.15, 0.2) is 0 Å². The lowest BCUT2D eigenvalue weighted by Crippen LogP contribution is -2.43. The predicted octanol–water partition coefficient (Wildman–Crippen LogP) is 3.36. The van der Waals surface area contributed by atoms with E-state index in [-0.39, 0.29) is 17.9 Å². The molecule has 0 saturated carbocycles. The highest BCUT2D eigenvalue weighted by atomic mass is 32.2. The van der Waals surface area contributed by atoms with Crippen LogP contribution in [0.4, 0.5) is 0 Å². The lowest BCUT2D eigenvalue weighted by Gasteiger charge is -2.31. The molecule has 0 aliphatic carbocycles. The van der Waals surface area contributed by atoms with Gasteiger partial charge in [-0.1, -0.05) is 30.3 Å². The molecule has 1 aliphatic heterocycles. The number of carbonyl (C=O) groups excluding carboxylic acids is 1. The number of nitrogens with one attached hydrogen (secondary N) is 1. The number of nitrogens with zero attached hydrogens (tertiary/aromatic N) is 1. The maximum atomic E-state index is 12.7. The summed E-state index contributed by atoms with van der Waals surface area (Å²) in [7, 11) is -3.50. The molecule has 7 heteroatoms. The summed E-state index contributed by atoms with van der Waals surface area (Å²) >= 11 is 0. The van der Waals surface area contributed by atoms with Crippen molar-refractivity contribution in [1.82, 2.24) is 9.62 Å². The fourth-order valence-electron chi connectivity index (χ4n) is 3.55. The molecule has 0 aromatic heterocycles. The van der Waals surface area contributed by atoms with Crippen LogP contribution in [0.1, 0.15) is 38.3 Å². The summed E-state index contributed by atoms with van der Waals surface area (Å²) in [5.74, 6) is 0.566. The van der Waals surface area contributed by atoms with Gasteiger partial charge in [0.05, 0.1) is 17.5 Å². The fourth-order valence-corrected chi connectivity index (χ4v) is 5.05. The highest BCUT2D eigenvalue weighted by Gasteiger charge is 2.32. The maximum absolute atomic E-state index is 12.7. The van der Waals surface area contributed by atoms with Crippen molar-refractivity contribution in [3.8, 4) is 5.75 Å². The van der Waals surface area contributed by atoms with Gasteiger partial charge in [0, 0.05) is 19.0 Å². The summed E-state index contributed by atoms with van der Waals surface area (Å²) in [6, 6.07) is 16.0. The average Bonchev–Trinajstić information content (AvgIpc) is 2.75. The van der Waals surface area contributed by atoms with Crippen molar-refractivity contribution in [3.63, 3.8) is 0 Å². The topological polar surface area (TPSA) is 75.7 Å². The van der Waals surface area contributed by atoms with Crippen molar-refractivity contribution in [2.24, 2.45) is 5.92 Å². The Morgan fingerprint density at radius 1 is 1.14 bits per heavy atom. The molecule has 0 spiro atoms. The van der Waals surface area contributed by atoms with Crippen LogP contribution in [0.2, 0.25) is 0 Å². The SMILES string of the molecule is CCOc1cccc(C(C)NC(=O)C2CCN(S(=O)(=O)c3ccccc3)CC2)c1. The van der Waals surface area contributed by atoms with Gasteiger partial charge >= 0.3 is 0 Å². The van der Waals surface area contributed by atoms with Gasteiger partial charge in [-0.25, -0.2) is 8.42 Å². The van der Waals surface area contributed by atoms with E-state index in [0.29, 0.717) is 37.4 Å². The minimum absolute atomic E-state index is 0.0314. The zero-order valence-corrected chi connectivity index (χ0v) is 17.7. The number of piperidine rings is 1. The molecule has 2 aromatic rings. The van der Waals surface area contributed by atoms with E-state index in [4.69, 9.17) is 4.74 Å². The summed E-state index contributed by atoms with van der Waals surface area (Å²) < 4.78 is 32.4. The molecule has 1 aliphatic rings. The van der Waals surface area contributed by atoms with Crippen molar-refractivity contribution in [2.45, 2.75) is 37.6 Å². The molecule has 1 amide bonds. The Kier molecular flexibility index (Phi) is 6.92. The zero-order chi connectivity index (χ0) is 20.9. The summed E-state index contributed by atoms with van der Waals surface area (Å²) in [6.45, 7) is 5.17. The second-order valence-corrected chi connectivity index (χ2v) is 9.17. The highest BCUT2D eigenvalue weighted by molar-refractivity contribution is 7.89. The number of hydrogen-bond donors (Lipinski definition) is 1. The normalized spacial score (nSPS) is 16.9. The molecular formula is C22H28N2O4S. The molecule has 1 N–H and O–H groups in total. The van der Waals surface area contributed by atoms with Gasteiger partial charge in [-0.15, -0.1) is 0 Å². The van der Waals surface area contributed by atoms with Gasteiger partial charge in [0.2, 0.25) is 15.9 Å². The molecule has 1 heterocycles. The van der Waals surface area contributed by atoms with Crippen LogP contribution in [0, 0.1) is 5.92 Å². The number of ether oxygens (including phenoxy) is 1. The van der Waals surface area contributed by atoms with Gasteiger partial charge < -0.3 is 10.1 Å². The zero-order valence-electron chi connectivity index (χ0n) is 16.9. The summed E-state index contributed by atoms with van der Waals surface area (Å²) in [5, 5.41) is 3.06. The Morgan fingerprint density at radius 2 is 1.83 bits per heavy atom. The third-order valence-corrected chi connectivity index (χ3v) is 7.15. The predicted molar refractivity (Wildman–Crippen MR) is 112 cm³/mol. The van der Waals surface area contributed by atoms with E-state index in [9.17, 15) is 13.2 Å². The monoisotopic (exact) mass is 416 g/mol. The number of rotatable bonds is 7. The minimum Gasteiger partial charge on any atom is -0.494 e. The molecule has 6 nitrogen and oxygen atoms in total. The molecule has 0 bridgehead atoms. The van der Waals surface area contributed by atoms with Crippen LogP contribution in [0.5, 0.6) is 5.75 Å². The molecule has 156 valence electrons. The number of sulfonamides is 1. The van der Waals surface area contributed by atoms with E-state index in [1.807, 2.05) is 38.1 Å². The second kappa shape index (κ2) is 9.41. The van der Waals surface area contributed by atoms with Crippen LogP contribution >= 0.6 is 0 Å². The molecule has 0 radical (unpaired) electrons. The van der Waals surface area contributed by atoms with Gasteiger partial charge in [-0.2, -0.15) is 4.31 Å². The molecule has 1 atom stereocenters. The molecule has 1 fully saturated rings. The molecule has 1 saturated heterocycles. The van der Waals surface area contributed by atoms with Gasteiger partial charge in [0.1, 0.15) is 5.75 Å². The first kappa shape index (κ1) is 21.3. The Hall–Kier alpha value is -2.38. The van der Waals surface area contributed by atoms with E-state index in [0.717, 1.165) is 11.3 Å². The van der Waals surface area contributed by atoms with E-state index in [2.05, 4.69) is 5.32 Å². The number of amides is 1. The van der Waals surface area contributed by atoms with Crippen molar-refractivity contribution in [3.05, 3.63) is 60.2 Å². The summed E-state index contributed by atoms with van der Waals surface area (Å²) in [4.78, 5) is 13.0. The van der Waals surface area contributed by atoms with Crippen LogP contribution in [-0.4, -0.2) is 38.3 Å². The van der Waals surface area contributed by atoms with Crippen LogP contribution in [0.25, 0.3) is 0 Å². The minimum atomic E-state index is -3.50. The van der Waals surface area contributed by atoms with Crippen LogP contribution in [0.3, 0.4) is 0 Å². The quantitative estimate of drug-likeness (QED) is 0.751. The first-order chi connectivity index (χ1) is 13.9. The van der Waals surface area contributed by atoms with E-state index >= 15 is 0 Å². The Bertz CT molecular complexity index is 923. The molecule has 1 unspecified atom stereocenters. The Morgan fingerprint density at radius 3 is 2.48 bits per heavy atom. The summed E-state index contributed by atoms with van der Waals surface area (Å²) in [6.07, 6.45) is 1.03. The fraction of sp³-hybridized carbons (Fsp3) is 0.409. The van der Waals surface area contributed by atoms with E-state index < -0.39 is 10.0 Å². The van der Waals surface area contributed by atoms with E-state index in [1.54, 1.807) is 30.3 Å². The summed E-state index contributed by atoms with van der Waals surface area (Å²) in [5.41, 5.74) is 0.980. The third kappa shape index (κ3) is 5.16. The Balaban J connectivity index is 1.57. The second-order valence-electron chi connectivity index (χ2n) is 7.23. The first-order valence-corrected chi connectivity index (χ1v) is 11.4. The highest BCUT2D eigenvalue weighted by Crippen LogP contribution is 2.25. The van der Waals surface area contributed by atoms with Gasteiger partial charge in [-0.05, 0) is 56.5 Å². The molecule has 2 aromatic carbocycles. The van der Waals surface area contributed by atoms with Gasteiger partial charge in [-0.3, -0.25) is 4.79 Å². The smallest absolute Gasteiger partial charge is 0.243 e. The van der Waals surface area contributed by atoms with Crippen molar-refractivity contribution >= 4 is 15.9 Å². The lowest BCUT2D eigenvalue weighted by atomic mass is 9.96. The van der Waals surface area contributed by atoms with Crippen LogP contribution in [0.15, 0.2) is 59.5 Å². The average molecular weight is 417 g/mol. The number of carbonyl (C=O) groups is 1. The van der Waals surface area contributed by atoms with Crippen molar-refractivity contribution in [1.29, 1.82) is 0 Å². The third-order valence-electron chi connectivity index (χ3n) is 5.23. The number of hydrogen-bond acceptors (Lipinski definition) is 4. The maximum Gasteiger partial charge on any atom is 0.243 e. The van der Waals surface area contributed by atoms with Crippen LogP contribution < -0.4 is 10.1 Å². The first-order valence-electron chi connectivity index (χ1n) is 10.00. The number of benzene rings is 2. The lowest BCUT2D eigenvalue weighted by molar-refractivity contribution is -0.126. The molecule has 3 rings (SSSR count). The molecule has 29 heavy (non-hydrogen) atoms. The van der Waals surface area contributed by atoms with Crippen LogP contribution in [-0.2, 0) is 14.8 Å². The van der Waals surface area contributed by atoms with E-state index in [1.165, 1.54) is 4.31 Å². The molecular weight excluding hydrogens is 388 g/mol. The van der Waals surface area contributed by atoms with Gasteiger partial charge in [0.25, 0.3) is 0 Å². The van der Waals surface area contributed by atoms with Crippen molar-refractivity contribution < 1.29 is 17.9 Å².